The van der Waals surface area contributed by atoms with Crippen molar-refractivity contribution in [1.29, 1.82) is 0 Å². The summed E-state index contributed by atoms with van der Waals surface area (Å²) in [7, 11) is 8.84. The van der Waals surface area contributed by atoms with Gasteiger partial charge in [0.2, 0.25) is 70.9 Å². The van der Waals surface area contributed by atoms with Crippen LogP contribution in [0, 0.1) is 0 Å². The molecule has 5 N–H and O–H groups in total. The molecule has 0 radical (unpaired) electrons. The van der Waals surface area contributed by atoms with Gasteiger partial charge in [-0.25, -0.2) is 4.98 Å². The van der Waals surface area contributed by atoms with Crippen molar-refractivity contribution in [3.63, 3.8) is 0 Å². The molecular formula is C96H121N15O17S. The molecule has 129 heavy (non-hydrogen) atoms. The van der Waals surface area contributed by atoms with Gasteiger partial charge in [-0.05, 0) is 137 Å². The summed E-state index contributed by atoms with van der Waals surface area (Å²) < 4.78 is 31.4. The molecule has 0 bridgehead atoms. The fourth-order valence-electron chi connectivity index (χ4n) is 18.8. The van der Waals surface area contributed by atoms with E-state index in [0.29, 0.717) is 70.9 Å². The lowest BCUT2D eigenvalue weighted by atomic mass is 9.80. The Morgan fingerprint density at radius 3 is 1.68 bits per heavy atom. The van der Waals surface area contributed by atoms with E-state index >= 15 is 38.4 Å². The molecule has 8 heterocycles. The van der Waals surface area contributed by atoms with Crippen molar-refractivity contribution in [1.82, 2.24) is 75.0 Å². The minimum Gasteiger partial charge on any atom is -0.497 e. The lowest BCUT2D eigenvalue weighted by Crippen LogP contribution is -2.61. The number of amides is 12. The Kier molecular flexibility index (Phi) is 31.8. The van der Waals surface area contributed by atoms with Crippen molar-refractivity contribution in [3.8, 4) is 11.5 Å². The fourth-order valence-corrected chi connectivity index (χ4v) is 19.3. The Labute approximate surface area is 756 Å². The first-order valence-corrected chi connectivity index (χ1v) is 45.8. The summed E-state index contributed by atoms with van der Waals surface area (Å²) in [5.74, 6) is -6.61. The van der Waals surface area contributed by atoms with Crippen LogP contribution in [-0.4, -0.2) is 311 Å². The SMILES string of the molecule is CCO[C@@H]1C[C@H]2C(=O)N(C)[C@@H](Cc3cscn3)C(=O)N(C)[C@@H](C)C(=O)N(C)[C@@H](COC(c3ccccc3)(c3ccc(OC)cc3)c3ccc(OC)cc3)C(=O)N3C[C@H](OCC)C[C@H]3C(=O)N[C@@H](Cc3c[nH]c4ccccc34)C(=O)N[C@@H](Cc3c[nH]c4ccccc34)C(=O)N3CCC[C@H]3C(=O)N(C)CC(=O)N[C@H](C(=O)N3CCCCC3)CC(=O)N(CC)CCCCC(=O)N2C1. The Morgan fingerprint density at radius 1 is 0.519 bits per heavy atom. The van der Waals surface area contributed by atoms with Crippen LogP contribution in [-0.2, 0) is 96.6 Å². The predicted molar refractivity (Wildman–Crippen MR) is 484 cm³/mol. The summed E-state index contributed by atoms with van der Waals surface area (Å²) in [4.78, 5) is 210. The summed E-state index contributed by atoms with van der Waals surface area (Å²) in [6.45, 7) is 7.28. The quantitative estimate of drug-likeness (QED) is 0.0479. The first-order chi connectivity index (χ1) is 62.3. The highest BCUT2D eigenvalue weighted by Crippen LogP contribution is 2.43. The molecule has 11 atom stereocenters. The van der Waals surface area contributed by atoms with Gasteiger partial charge in [0.05, 0.1) is 57.2 Å². The number of benzene rings is 5. The third-order valence-electron chi connectivity index (χ3n) is 26.0. The zero-order valence-corrected chi connectivity index (χ0v) is 76.1. The van der Waals surface area contributed by atoms with Crippen LogP contribution < -0.4 is 25.4 Å². The monoisotopic (exact) mass is 1790 g/mol. The van der Waals surface area contributed by atoms with Gasteiger partial charge in [0.15, 0.2) is 0 Å². The summed E-state index contributed by atoms with van der Waals surface area (Å²) in [6, 6.07) is 26.3. The highest BCUT2D eigenvalue weighted by molar-refractivity contribution is 7.07. The molecule has 5 saturated heterocycles. The van der Waals surface area contributed by atoms with E-state index in [0.717, 1.165) is 41.1 Å². The Bertz CT molecular complexity index is 5210. The lowest BCUT2D eigenvalue weighted by molar-refractivity contribution is -0.156. The van der Waals surface area contributed by atoms with Crippen LogP contribution in [0.2, 0.25) is 0 Å². The van der Waals surface area contributed by atoms with Crippen LogP contribution in [0.25, 0.3) is 21.8 Å². The molecule has 688 valence electrons. The van der Waals surface area contributed by atoms with Crippen LogP contribution in [0.5, 0.6) is 11.5 Å². The van der Waals surface area contributed by atoms with Crippen LogP contribution in [0.15, 0.2) is 151 Å². The number of likely N-dealkylation sites (tertiary alicyclic amines) is 1. The van der Waals surface area contributed by atoms with E-state index in [9.17, 15) is 19.2 Å². The molecule has 5 aliphatic rings. The van der Waals surface area contributed by atoms with Crippen molar-refractivity contribution in [2.24, 2.45) is 0 Å². The van der Waals surface area contributed by atoms with Gasteiger partial charge in [-0.1, -0.05) is 91.0 Å². The number of fused-ring (bicyclic) bond motifs is 5. The van der Waals surface area contributed by atoms with Gasteiger partial charge in [0.25, 0.3) is 0 Å². The Balaban J connectivity index is 0.903. The van der Waals surface area contributed by atoms with E-state index in [-0.39, 0.29) is 103 Å². The molecule has 12 amide bonds. The number of nitrogens with one attached hydrogen (secondary N) is 5. The van der Waals surface area contributed by atoms with Crippen molar-refractivity contribution in [2.45, 2.75) is 190 Å². The largest absolute Gasteiger partial charge is 0.497 e. The number of ether oxygens (including phenoxy) is 5. The normalized spacial score (nSPS) is 24.0. The zero-order chi connectivity index (χ0) is 91.7. The second-order valence-corrected chi connectivity index (χ2v) is 34.7. The van der Waals surface area contributed by atoms with Crippen molar-refractivity contribution < 1.29 is 81.2 Å². The molecule has 8 aromatic rings. The molecule has 5 aromatic carbocycles. The van der Waals surface area contributed by atoms with E-state index in [1.165, 1.54) is 80.8 Å². The first-order valence-electron chi connectivity index (χ1n) is 44.9. The maximum atomic E-state index is 16.9. The second kappa shape index (κ2) is 43.4. The summed E-state index contributed by atoms with van der Waals surface area (Å²) in [5.41, 5.74) is 4.91. The number of piperidine rings is 1. The average molecular weight is 1790 g/mol. The van der Waals surface area contributed by atoms with Gasteiger partial charge in [0, 0.05) is 165 Å². The maximum Gasteiger partial charge on any atom is 0.248 e. The van der Waals surface area contributed by atoms with Gasteiger partial charge in [0.1, 0.15) is 71.5 Å². The standard InChI is InChI=1S/C96H121N15O17S/c1-11-107-43-25-22-34-85(113)110-55-71(127-13-3)51-82(110)94(122)105(7)81(49-67-59-129-60-99-67)93(121)104(6)61(4)89(117)106(8)83(58-128-96(64-27-16-14-17-28-64,65-35-39-68(124-9)40-36-65)66-37-41-69(125-10)42-38-66)95(123)111-56-70(126-12-2)50-80(111)88(116)101-76(47-62-53-97-74-31-20-18-29-72(62)74)87(115)102-77(48-63-54-98-75-32-21-19-30-73(63)75)91(119)109-46-26-33-79(109)92(120)103(5)57-84(112)100-78(52-86(107)114)90(118)108-44-23-15-24-45-108/h14,16-21,27-32,35-42,53-54,59-61,70-71,76-83,97-98H,11-13,15,22-26,33-34,43-52,55-58H2,1-10H3,(H,100,112)(H,101,116)(H,102,115)/t61-,70+,71+,76-,77-,78-,79-,80-,81-,82-,83-/m0/s1. The van der Waals surface area contributed by atoms with E-state index in [2.05, 4.69) is 30.9 Å². The van der Waals surface area contributed by atoms with Gasteiger partial charge < -0.3 is 93.7 Å². The number of aromatic nitrogens is 3. The van der Waals surface area contributed by atoms with E-state index in [1.807, 2.05) is 110 Å². The number of hydrogen-bond donors (Lipinski definition) is 5. The number of para-hydroxylation sites is 2. The maximum absolute atomic E-state index is 16.9. The molecule has 0 saturated carbocycles. The molecule has 33 heteroatoms. The van der Waals surface area contributed by atoms with Crippen LogP contribution in [0.4, 0.5) is 0 Å². The van der Waals surface area contributed by atoms with Crippen LogP contribution in [0.1, 0.15) is 132 Å². The highest BCUT2D eigenvalue weighted by atomic mass is 32.1. The smallest absolute Gasteiger partial charge is 0.248 e. The summed E-state index contributed by atoms with van der Waals surface area (Å²) >= 11 is 1.28. The summed E-state index contributed by atoms with van der Waals surface area (Å²) in [5, 5.41) is 12.2. The van der Waals surface area contributed by atoms with Crippen LogP contribution >= 0.6 is 11.3 Å². The fraction of sp³-hybridized carbons (Fsp3) is 0.490. The number of nitrogens with zero attached hydrogens (tertiary/aromatic N) is 10. The van der Waals surface area contributed by atoms with Crippen molar-refractivity contribution >= 4 is 104 Å². The Morgan fingerprint density at radius 2 is 1.09 bits per heavy atom. The first kappa shape index (κ1) is 94.5. The van der Waals surface area contributed by atoms with Crippen molar-refractivity contribution in [2.75, 3.05) is 115 Å². The third-order valence-corrected chi connectivity index (χ3v) is 26.7. The number of H-pyrrole nitrogens is 2. The molecule has 5 aliphatic heterocycles. The van der Waals surface area contributed by atoms with Gasteiger partial charge in [-0.2, -0.15) is 0 Å². The molecule has 13 rings (SSSR count). The van der Waals surface area contributed by atoms with E-state index in [4.69, 9.17) is 23.7 Å². The van der Waals surface area contributed by atoms with Gasteiger partial charge in [-0.15, -0.1) is 11.3 Å². The number of hydrogen-bond acceptors (Lipinski definition) is 19. The molecular weight excluding hydrogens is 1670 g/mol. The number of carbonyl (C=O) groups is 12. The van der Waals surface area contributed by atoms with E-state index in [1.54, 1.807) is 85.4 Å². The predicted octanol–water partition coefficient (Wildman–Crippen LogP) is 7.01. The Hall–Kier alpha value is -12.1. The molecule has 3 aromatic heterocycles. The van der Waals surface area contributed by atoms with Crippen molar-refractivity contribution in [3.05, 3.63) is 184 Å². The molecule has 0 spiro atoms. The number of thiazole rings is 1. The molecule has 32 nitrogen and oxygen atoms in total. The number of aromatic amines is 2. The number of carbonyl (C=O) groups excluding carboxylic acids is 12. The zero-order valence-electron chi connectivity index (χ0n) is 75.3. The highest BCUT2D eigenvalue weighted by Gasteiger charge is 2.50. The number of likely N-dealkylation sites (N-methyl/N-ethyl adjacent to an activating group) is 4. The van der Waals surface area contributed by atoms with Crippen LogP contribution in [0.3, 0.4) is 0 Å². The lowest BCUT2D eigenvalue weighted by Gasteiger charge is -2.40. The molecule has 0 unspecified atom stereocenters. The minimum absolute atomic E-state index is 0.0428. The second-order valence-electron chi connectivity index (χ2n) is 34.0. The molecule has 5 fully saturated rings. The van der Waals surface area contributed by atoms with Gasteiger partial charge >= 0.3 is 0 Å². The topological polar surface area (TPSA) is 361 Å². The molecule has 0 aliphatic carbocycles. The summed E-state index contributed by atoms with van der Waals surface area (Å²) in [6.07, 6.45) is 4.71. The van der Waals surface area contributed by atoms with E-state index < -0.39 is 157 Å². The minimum atomic E-state index is -1.67. The third kappa shape index (κ3) is 21.6. The number of methoxy groups -OCH3 is 2. The van der Waals surface area contributed by atoms with Gasteiger partial charge in [-0.3, -0.25) is 57.5 Å². The number of rotatable bonds is 20. The average Bonchev–Trinajstić information content (AvgIpc) is 1.36.